The fraction of sp³-hybridized carbons (Fsp3) is 0.444. The van der Waals surface area contributed by atoms with E-state index in [-0.39, 0.29) is 24.3 Å². The van der Waals surface area contributed by atoms with Crippen LogP contribution in [0.25, 0.3) is 10.2 Å². The summed E-state index contributed by atoms with van der Waals surface area (Å²) in [6.45, 7) is 3.31. The highest BCUT2D eigenvalue weighted by Crippen LogP contribution is 2.32. The van der Waals surface area contributed by atoms with Crippen LogP contribution in [0.4, 0.5) is 18.3 Å². The summed E-state index contributed by atoms with van der Waals surface area (Å²) in [5, 5.41) is 9.98. The zero-order valence-corrected chi connectivity index (χ0v) is 16.3. The molecule has 0 aliphatic carbocycles. The summed E-state index contributed by atoms with van der Waals surface area (Å²) in [7, 11) is 0. The van der Waals surface area contributed by atoms with Crippen LogP contribution in [-0.2, 0) is 11.0 Å². The maximum absolute atomic E-state index is 12.6. The van der Waals surface area contributed by atoms with Gasteiger partial charge in [0.15, 0.2) is 5.13 Å². The van der Waals surface area contributed by atoms with Gasteiger partial charge in [0.1, 0.15) is 0 Å². The van der Waals surface area contributed by atoms with E-state index >= 15 is 0 Å². The van der Waals surface area contributed by atoms with Gasteiger partial charge in [-0.05, 0) is 50.6 Å². The van der Waals surface area contributed by atoms with Gasteiger partial charge in [-0.15, -0.1) is 10.2 Å². The molecule has 1 saturated heterocycles. The lowest BCUT2D eigenvalue weighted by Gasteiger charge is -2.29. The standard InChI is InChI=1S/C18H18F3N5O2S/c1-10-2-3-12-13(8-10)29-17(22-12)23-14(27)9-26-6-4-11(5-7-26)15-24-25-16(28-15)18(19,20)21/h2-3,8,11H,4-7,9H2,1H3,(H,22,23,27). The van der Waals surface area contributed by atoms with Gasteiger partial charge in [0.05, 0.1) is 16.8 Å². The molecule has 0 spiro atoms. The molecule has 2 aromatic heterocycles. The number of piperidine rings is 1. The molecule has 0 unspecified atom stereocenters. The summed E-state index contributed by atoms with van der Waals surface area (Å²) < 4.78 is 43.5. The van der Waals surface area contributed by atoms with Gasteiger partial charge in [-0.2, -0.15) is 13.2 Å². The molecule has 0 saturated carbocycles. The molecule has 3 heterocycles. The molecule has 11 heteroatoms. The Balaban J connectivity index is 1.29. The van der Waals surface area contributed by atoms with Crippen LogP contribution in [0, 0.1) is 6.92 Å². The average Bonchev–Trinajstić information content (AvgIpc) is 3.28. The number of nitrogens with one attached hydrogen (secondary N) is 1. The lowest BCUT2D eigenvalue weighted by Crippen LogP contribution is -2.38. The summed E-state index contributed by atoms with van der Waals surface area (Å²) in [6, 6.07) is 5.91. The van der Waals surface area contributed by atoms with Crippen molar-refractivity contribution in [2.24, 2.45) is 0 Å². The molecule has 1 fully saturated rings. The number of amides is 1. The number of likely N-dealkylation sites (tertiary alicyclic amines) is 1. The average molecular weight is 425 g/mol. The summed E-state index contributed by atoms with van der Waals surface area (Å²) in [5.74, 6) is -1.71. The molecule has 3 aromatic rings. The third-order valence-corrected chi connectivity index (χ3v) is 5.71. The minimum Gasteiger partial charge on any atom is -0.417 e. The Hall–Kier alpha value is -2.53. The molecule has 1 N–H and O–H groups in total. The van der Waals surface area contributed by atoms with Crippen LogP contribution in [0.15, 0.2) is 22.6 Å². The first-order valence-corrected chi connectivity index (χ1v) is 9.89. The number of aromatic nitrogens is 3. The van der Waals surface area contributed by atoms with Crippen LogP contribution in [0.3, 0.4) is 0 Å². The summed E-state index contributed by atoms with van der Waals surface area (Å²) in [5.41, 5.74) is 1.97. The zero-order valence-electron chi connectivity index (χ0n) is 15.5. The number of thiazole rings is 1. The smallest absolute Gasteiger partial charge is 0.417 e. The van der Waals surface area contributed by atoms with Gasteiger partial charge in [0, 0.05) is 5.92 Å². The van der Waals surface area contributed by atoms with Crippen molar-refractivity contribution in [3.8, 4) is 0 Å². The van der Waals surface area contributed by atoms with Gasteiger partial charge in [0.25, 0.3) is 0 Å². The van der Waals surface area contributed by atoms with Gasteiger partial charge < -0.3 is 9.73 Å². The molecule has 29 heavy (non-hydrogen) atoms. The van der Waals surface area contributed by atoms with E-state index in [4.69, 9.17) is 4.42 Å². The summed E-state index contributed by atoms with van der Waals surface area (Å²) in [4.78, 5) is 18.7. The molecule has 1 amide bonds. The minimum absolute atomic E-state index is 0.00574. The quantitative estimate of drug-likeness (QED) is 0.684. The van der Waals surface area contributed by atoms with Crippen molar-refractivity contribution in [1.82, 2.24) is 20.1 Å². The molecular weight excluding hydrogens is 407 g/mol. The van der Waals surface area contributed by atoms with E-state index in [1.807, 2.05) is 30.0 Å². The highest BCUT2D eigenvalue weighted by molar-refractivity contribution is 7.22. The van der Waals surface area contributed by atoms with Crippen molar-refractivity contribution in [3.63, 3.8) is 0 Å². The normalized spacial score (nSPS) is 16.4. The molecule has 154 valence electrons. The Labute approximate surface area is 167 Å². The van der Waals surface area contributed by atoms with Crippen molar-refractivity contribution < 1.29 is 22.4 Å². The number of hydrogen-bond donors (Lipinski definition) is 1. The van der Waals surface area contributed by atoms with Gasteiger partial charge in [0.2, 0.25) is 11.8 Å². The van der Waals surface area contributed by atoms with E-state index in [2.05, 4.69) is 20.5 Å². The second-order valence-electron chi connectivity index (χ2n) is 7.03. The molecule has 1 aromatic carbocycles. The Morgan fingerprint density at radius 3 is 2.76 bits per heavy atom. The molecule has 0 atom stereocenters. The van der Waals surface area contributed by atoms with E-state index in [1.54, 1.807) is 0 Å². The number of carbonyl (C=O) groups excluding carboxylic acids is 1. The monoisotopic (exact) mass is 425 g/mol. The first kappa shape index (κ1) is 19.8. The molecule has 1 aliphatic rings. The van der Waals surface area contributed by atoms with Crippen LogP contribution >= 0.6 is 11.3 Å². The molecule has 0 bridgehead atoms. The first-order chi connectivity index (χ1) is 13.8. The Morgan fingerprint density at radius 2 is 2.07 bits per heavy atom. The topological polar surface area (TPSA) is 84.2 Å². The number of aryl methyl sites for hydroxylation is 1. The van der Waals surface area contributed by atoms with E-state index in [9.17, 15) is 18.0 Å². The van der Waals surface area contributed by atoms with Crippen LogP contribution in [0.2, 0.25) is 0 Å². The van der Waals surface area contributed by atoms with Gasteiger partial charge >= 0.3 is 12.1 Å². The predicted molar refractivity (Wildman–Crippen MR) is 101 cm³/mol. The minimum atomic E-state index is -4.64. The number of anilines is 1. The number of alkyl halides is 3. The fourth-order valence-electron chi connectivity index (χ4n) is 3.30. The lowest BCUT2D eigenvalue weighted by molar-refractivity contribution is -0.157. The molecular formula is C18H18F3N5O2S. The SMILES string of the molecule is Cc1ccc2nc(NC(=O)CN3CCC(c4nnc(C(F)(F)F)o4)CC3)sc2c1. The largest absolute Gasteiger partial charge is 0.470 e. The van der Waals surface area contributed by atoms with Crippen molar-refractivity contribution in [2.45, 2.75) is 31.9 Å². The lowest BCUT2D eigenvalue weighted by atomic mass is 9.97. The Kier molecular flexibility index (Phi) is 5.26. The number of fused-ring (bicyclic) bond motifs is 1. The van der Waals surface area contributed by atoms with Crippen LogP contribution in [-0.4, -0.2) is 45.6 Å². The van der Waals surface area contributed by atoms with Gasteiger partial charge in [-0.25, -0.2) is 4.98 Å². The number of halogens is 3. The van der Waals surface area contributed by atoms with Crippen molar-refractivity contribution in [2.75, 3.05) is 25.0 Å². The van der Waals surface area contributed by atoms with E-state index < -0.39 is 12.1 Å². The van der Waals surface area contributed by atoms with Crippen LogP contribution in [0.1, 0.15) is 36.1 Å². The highest BCUT2D eigenvalue weighted by atomic mass is 32.1. The summed E-state index contributed by atoms with van der Waals surface area (Å²) >= 11 is 1.42. The van der Waals surface area contributed by atoms with Gasteiger partial charge in [-0.3, -0.25) is 9.69 Å². The fourth-order valence-corrected chi connectivity index (χ4v) is 4.28. The van der Waals surface area contributed by atoms with E-state index in [0.29, 0.717) is 31.1 Å². The molecule has 4 rings (SSSR count). The van der Waals surface area contributed by atoms with Crippen molar-refractivity contribution in [1.29, 1.82) is 0 Å². The zero-order chi connectivity index (χ0) is 20.6. The number of benzene rings is 1. The number of hydrogen-bond acceptors (Lipinski definition) is 7. The molecule has 7 nitrogen and oxygen atoms in total. The highest BCUT2D eigenvalue weighted by Gasteiger charge is 2.39. The van der Waals surface area contributed by atoms with E-state index in [0.717, 1.165) is 15.8 Å². The van der Waals surface area contributed by atoms with Crippen molar-refractivity contribution in [3.05, 3.63) is 35.5 Å². The second kappa shape index (κ2) is 7.71. The van der Waals surface area contributed by atoms with E-state index in [1.165, 1.54) is 11.3 Å². The number of carbonyl (C=O) groups is 1. The third-order valence-electron chi connectivity index (χ3n) is 4.78. The second-order valence-corrected chi connectivity index (χ2v) is 8.06. The maximum atomic E-state index is 12.6. The van der Waals surface area contributed by atoms with Crippen LogP contribution < -0.4 is 5.32 Å². The van der Waals surface area contributed by atoms with Crippen LogP contribution in [0.5, 0.6) is 0 Å². The summed E-state index contributed by atoms with van der Waals surface area (Å²) in [6.07, 6.45) is -3.54. The third kappa shape index (κ3) is 4.56. The Bertz CT molecular complexity index is 1020. The number of rotatable bonds is 4. The van der Waals surface area contributed by atoms with Gasteiger partial charge in [-0.1, -0.05) is 17.4 Å². The molecule has 1 aliphatic heterocycles. The maximum Gasteiger partial charge on any atom is 0.470 e. The number of nitrogens with zero attached hydrogens (tertiary/aromatic N) is 4. The Morgan fingerprint density at radius 1 is 1.31 bits per heavy atom. The first-order valence-electron chi connectivity index (χ1n) is 9.08. The predicted octanol–water partition coefficient (Wildman–Crippen LogP) is 3.82. The van der Waals surface area contributed by atoms with Crippen molar-refractivity contribution >= 4 is 32.6 Å². The molecule has 0 radical (unpaired) electrons.